The summed E-state index contributed by atoms with van der Waals surface area (Å²) in [5.74, 6) is 1.57. The average Bonchev–Trinajstić information content (AvgIpc) is 2.64. The number of aliphatic hydroxyl groups excluding tert-OH is 1. The topological polar surface area (TPSA) is 65.9 Å². The van der Waals surface area contributed by atoms with Crippen molar-refractivity contribution in [3.05, 3.63) is 65.2 Å². The summed E-state index contributed by atoms with van der Waals surface area (Å²) in [5, 5.41) is 15.9. The van der Waals surface area contributed by atoms with Crippen LogP contribution in [0.15, 0.2) is 53.5 Å². The van der Waals surface area contributed by atoms with Crippen molar-refractivity contribution in [3.63, 3.8) is 0 Å². The molecule has 5 nitrogen and oxygen atoms in total. The van der Waals surface area contributed by atoms with Crippen molar-refractivity contribution in [2.24, 2.45) is 4.99 Å². The number of benzene rings is 2. The molecule has 0 atom stereocenters. The van der Waals surface area contributed by atoms with Crippen LogP contribution in [0.3, 0.4) is 0 Å². The molecule has 6 heteroatoms. The first-order chi connectivity index (χ1) is 11.8. The van der Waals surface area contributed by atoms with Crippen LogP contribution in [0.25, 0.3) is 0 Å². The zero-order valence-electron chi connectivity index (χ0n) is 14.7. The van der Waals surface area contributed by atoms with E-state index < -0.39 is 0 Å². The van der Waals surface area contributed by atoms with Crippen LogP contribution in [0.4, 0.5) is 0 Å². The van der Waals surface area contributed by atoms with Gasteiger partial charge in [-0.2, -0.15) is 0 Å². The molecule has 2 aromatic carbocycles. The molecular formula is C19H26IN3O2. The second-order valence-corrected chi connectivity index (χ2v) is 5.33. The molecule has 0 unspecified atom stereocenters. The van der Waals surface area contributed by atoms with Gasteiger partial charge in [-0.15, -0.1) is 24.0 Å². The Labute approximate surface area is 166 Å². The van der Waals surface area contributed by atoms with Crippen LogP contribution in [0.5, 0.6) is 5.75 Å². The number of halogens is 1. The summed E-state index contributed by atoms with van der Waals surface area (Å²) in [4.78, 5) is 4.61. The predicted octanol–water partition coefficient (Wildman–Crippen LogP) is 3.06. The Kier molecular flexibility index (Phi) is 9.94. The highest BCUT2D eigenvalue weighted by Gasteiger charge is 2.03. The molecule has 0 aliphatic rings. The first-order valence-electron chi connectivity index (χ1n) is 8.09. The second-order valence-electron chi connectivity index (χ2n) is 5.33. The van der Waals surface area contributed by atoms with Gasteiger partial charge in [-0.3, -0.25) is 0 Å². The molecule has 136 valence electrons. The number of ether oxygens (including phenoxy) is 1. The molecule has 0 saturated heterocycles. The van der Waals surface area contributed by atoms with Crippen molar-refractivity contribution < 1.29 is 9.84 Å². The van der Waals surface area contributed by atoms with E-state index in [4.69, 9.17) is 4.74 Å². The van der Waals surface area contributed by atoms with Gasteiger partial charge in [0.2, 0.25) is 0 Å². The van der Waals surface area contributed by atoms with E-state index in [1.165, 1.54) is 0 Å². The van der Waals surface area contributed by atoms with Gasteiger partial charge in [-0.25, -0.2) is 4.99 Å². The Morgan fingerprint density at radius 3 is 2.52 bits per heavy atom. The number of methoxy groups -OCH3 is 1. The highest BCUT2D eigenvalue weighted by Crippen LogP contribution is 2.13. The van der Waals surface area contributed by atoms with Crippen LogP contribution in [0, 0.1) is 0 Å². The summed E-state index contributed by atoms with van der Waals surface area (Å²) in [6.07, 6.45) is 0. The van der Waals surface area contributed by atoms with Crippen LogP contribution < -0.4 is 15.4 Å². The van der Waals surface area contributed by atoms with Crippen molar-refractivity contribution in [1.29, 1.82) is 0 Å². The minimum Gasteiger partial charge on any atom is -0.497 e. The van der Waals surface area contributed by atoms with Gasteiger partial charge in [0.25, 0.3) is 0 Å². The number of aliphatic imine (C=N–C) groups is 1. The minimum absolute atomic E-state index is 0. The molecule has 0 fully saturated rings. The van der Waals surface area contributed by atoms with E-state index in [1.54, 1.807) is 7.11 Å². The van der Waals surface area contributed by atoms with E-state index in [1.807, 2.05) is 55.5 Å². The molecule has 0 saturated carbocycles. The molecular weight excluding hydrogens is 429 g/mol. The summed E-state index contributed by atoms with van der Waals surface area (Å²) in [5.41, 5.74) is 3.07. The molecule has 0 aliphatic carbocycles. The van der Waals surface area contributed by atoms with E-state index in [0.29, 0.717) is 13.1 Å². The van der Waals surface area contributed by atoms with Gasteiger partial charge in [0.15, 0.2) is 5.96 Å². The molecule has 2 aromatic rings. The molecule has 0 radical (unpaired) electrons. The van der Waals surface area contributed by atoms with E-state index in [0.717, 1.165) is 34.9 Å². The van der Waals surface area contributed by atoms with Crippen LogP contribution in [0.1, 0.15) is 23.6 Å². The fraction of sp³-hybridized carbons (Fsp3) is 0.316. The van der Waals surface area contributed by atoms with Crippen molar-refractivity contribution in [3.8, 4) is 5.75 Å². The Bertz CT molecular complexity index is 677. The summed E-state index contributed by atoms with van der Waals surface area (Å²) < 4.78 is 5.24. The number of hydrogen-bond donors (Lipinski definition) is 3. The van der Waals surface area contributed by atoms with Gasteiger partial charge in [0.1, 0.15) is 5.75 Å². The van der Waals surface area contributed by atoms with E-state index in [2.05, 4.69) is 15.6 Å². The Hall–Kier alpha value is -1.80. The Morgan fingerprint density at radius 1 is 1.08 bits per heavy atom. The summed E-state index contributed by atoms with van der Waals surface area (Å²) in [6, 6.07) is 15.7. The molecule has 25 heavy (non-hydrogen) atoms. The molecule has 0 heterocycles. The molecule has 0 aliphatic heterocycles. The van der Waals surface area contributed by atoms with E-state index in [9.17, 15) is 5.11 Å². The third-order valence-corrected chi connectivity index (χ3v) is 3.63. The lowest BCUT2D eigenvalue weighted by Crippen LogP contribution is -2.37. The quantitative estimate of drug-likeness (QED) is 0.341. The maximum absolute atomic E-state index is 9.40. The van der Waals surface area contributed by atoms with Gasteiger partial charge in [0.05, 0.1) is 20.3 Å². The van der Waals surface area contributed by atoms with Gasteiger partial charge >= 0.3 is 0 Å². The largest absolute Gasteiger partial charge is 0.497 e. The molecule has 3 N–H and O–H groups in total. The van der Waals surface area contributed by atoms with Gasteiger partial charge in [-0.05, 0) is 35.7 Å². The fourth-order valence-corrected chi connectivity index (χ4v) is 2.35. The summed E-state index contributed by atoms with van der Waals surface area (Å²) in [7, 11) is 1.66. The van der Waals surface area contributed by atoms with Crippen LogP contribution in [-0.2, 0) is 19.7 Å². The lowest BCUT2D eigenvalue weighted by Gasteiger charge is -2.13. The first-order valence-corrected chi connectivity index (χ1v) is 8.09. The van der Waals surface area contributed by atoms with Crippen molar-refractivity contribution in [2.75, 3.05) is 13.7 Å². The van der Waals surface area contributed by atoms with Crippen molar-refractivity contribution >= 4 is 29.9 Å². The standard InChI is InChI=1S/C19H25N3O2.HI/c1-3-20-19(21-12-15-7-6-10-18(11-15)24-2)22-13-16-8-4-5-9-17(16)14-23;/h4-11,23H,3,12-14H2,1-2H3,(H2,20,21,22);1H. The van der Waals surface area contributed by atoms with Crippen LogP contribution in [0.2, 0.25) is 0 Å². The van der Waals surface area contributed by atoms with E-state index in [-0.39, 0.29) is 30.6 Å². The number of guanidine groups is 1. The third-order valence-electron chi connectivity index (χ3n) is 3.63. The Morgan fingerprint density at radius 2 is 1.84 bits per heavy atom. The monoisotopic (exact) mass is 455 g/mol. The molecule has 0 bridgehead atoms. The van der Waals surface area contributed by atoms with E-state index >= 15 is 0 Å². The van der Waals surface area contributed by atoms with Crippen molar-refractivity contribution in [1.82, 2.24) is 10.6 Å². The highest BCUT2D eigenvalue weighted by molar-refractivity contribution is 14.0. The maximum Gasteiger partial charge on any atom is 0.191 e. The van der Waals surface area contributed by atoms with Crippen molar-refractivity contribution in [2.45, 2.75) is 26.6 Å². The lowest BCUT2D eigenvalue weighted by atomic mass is 10.1. The molecule has 0 amide bonds. The number of nitrogens with one attached hydrogen (secondary N) is 2. The number of rotatable bonds is 7. The van der Waals surface area contributed by atoms with Gasteiger partial charge in [-0.1, -0.05) is 36.4 Å². The zero-order chi connectivity index (χ0) is 17.2. The Balaban J connectivity index is 0.00000312. The smallest absolute Gasteiger partial charge is 0.191 e. The maximum atomic E-state index is 9.40. The number of hydrogen-bond acceptors (Lipinski definition) is 3. The normalized spacial score (nSPS) is 10.8. The number of aliphatic hydroxyl groups is 1. The van der Waals surface area contributed by atoms with Gasteiger partial charge in [0, 0.05) is 13.1 Å². The third kappa shape index (κ3) is 6.91. The predicted molar refractivity (Wildman–Crippen MR) is 112 cm³/mol. The highest BCUT2D eigenvalue weighted by atomic mass is 127. The molecule has 0 aromatic heterocycles. The minimum atomic E-state index is 0. The number of nitrogens with zero attached hydrogens (tertiary/aromatic N) is 1. The lowest BCUT2D eigenvalue weighted by molar-refractivity contribution is 0.280. The summed E-state index contributed by atoms with van der Waals surface area (Å²) in [6.45, 7) is 4.03. The van der Waals surface area contributed by atoms with Gasteiger partial charge < -0.3 is 20.5 Å². The van der Waals surface area contributed by atoms with Crippen LogP contribution >= 0.6 is 24.0 Å². The molecule has 0 spiro atoms. The fourth-order valence-electron chi connectivity index (χ4n) is 2.35. The zero-order valence-corrected chi connectivity index (χ0v) is 17.0. The SMILES string of the molecule is CCNC(=NCc1cccc(OC)c1)NCc1ccccc1CO.I. The van der Waals surface area contributed by atoms with Crippen LogP contribution in [-0.4, -0.2) is 24.7 Å². The second kappa shape index (κ2) is 11.7. The average molecular weight is 455 g/mol. The first kappa shape index (κ1) is 21.2. The summed E-state index contributed by atoms with van der Waals surface area (Å²) >= 11 is 0. The molecule has 2 rings (SSSR count).